The van der Waals surface area contributed by atoms with Gasteiger partial charge in [-0.3, -0.25) is 9.59 Å². The first-order valence-corrected chi connectivity index (χ1v) is 6.31. The molecule has 0 radical (unpaired) electrons. The van der Waals surface area contributed by atoms with E-state index in [0.29, 0.717) is 17.7 Å². The van der Waals surface area contributed by atoms with Gasteiger partial charge in [0.25, 0.3) is 0 Å². The van der Waals surface area contributed by atoms with Gasteiger partial charge in [-0.05, 0) is 19.1 Å². The molecular weight excluding hydrogens is 256 g/mol. The van der Waals surface area contributed by atoms with Crippen molar-refractivity contribution in [3.8, 4) is 11.5 Å². The predicted octanol–water partition coefficient (Wildman–Crippen LogP) is 2.57. The molecule has 20 heavy (non-hydrogen) atoms. The summed E-state index contributed by atoms with van der Waals surface area (Å²) in [7, 11) is 0. The molecule has 0 saturated heterocycles. The van der Waals surface area contributed by atoms with Crippen LogP contribution in [0.25, 0.3) is 0 Å². The second kappa shape index (κ2) is 4.49. The summed E-state index contributed by atoms with van der Waals surface area (Å²) in [6.07, 6.45) is 0. The first-order chi connectivity index (χ1) is 9.63. The summed E-state index contributed by atoms with van der Waals surface area (Å²) >= 11 is 0. The lowest BCUT2D eigenvalue weighted by Gasteiger charge is -2.18. The Bertz CT molecular complexity index is 731. The van der Waals surface area contributed by atoms with Crippen LogP contribution in [0.2, 0.25) is 0 Å². The van der Waals surface area contributed by atoms with Crippen LogP contribution < -0.4 is 4.74 Å². The van der Waals surface area contributed by atoms with E-state index in [0.717, 1.165) is 0 Å². The van der Waals surface area contributed by atoms with Gasteiger partial charge in [0.15, 0.2) is 23.1 Å². The van der Waals surface area contributed by atoms with Crippen molar-refractivity contribution in [3.05, 3.63) is 58.7 Å². The highest BCUT2D eigenvalue weighted by Crippen LogP contribution is 2.35. The molecule has 4 heteroatoms. The summed E-state index contributed by atoms with van der Waals surface area (Å²) < 4.78 is 5.26. The molecule has 3 rings (SSSR count). The number of carbonyl (C=O) groups excluding carboxylic acids is 2. The minimum Gasteiger partial charge on any atom is -0.504 e. The summed E-state index contributed by atoms with van der Waals surface area (Å²) in [6, 6.07) is 9.42. The number of phenolic OH excluding ortho intramolecular Hbond substituents is 1. The zero-order valence-corrected chi connectivity index (χ0v) is 10.8. The zero-order valence-electron chi connectivity index (χ0n) is 10.8. The van der Waals surface area contributed by atoms with Crippen molar-refractivity contribution in [2.75, 3.05) is 6.61 Å². The molecule has 100 valence electrons. The number of carbonyl (C=O) groups is 2. The SMILES string of the molecule is CCOc1cc2c(cc1O)C(=O)c1ccccc1C2=O. The highest BCUT2D eigenvalue weighted by Gasteiger charge is 2.30. The normalized spacial score (nSPS) is 12.8. The van der Waals surface area contributed by atoms with Crippen LogP contribution in [-0.2, 0) is 0 Å². The number of rotatable bonds is 2. The van der Waals surface area contributed by atoms with Crippen LogP contribution in [-0.4, -0.2) is 23.3 Å². The lowest BCUT2D eigenvalue weighted by molar-refractivity contribution is 0.0978. The van der Waals surface area contributed by atoms with E-state index >= 15 is 0 Å². The van der Waals surface area contributed by atoms with E-state index in [1.807, 2.05) is 0 Å². The van der Waals surface area contributed by atoms with Crippen LogP contribution in [0.3, 0.4) is 0 Å². The van der Waals surface area contributed by atoms with Crippen LogP contribution in [0.5, 0.6) is 11.5 Å². The molecule has 0 spiro atoms. The molecule has 0 aliphatic heterocycles. The van der Waals surface area contributed by atoms with E-state index in [-0.39, 0.29) is 34.2 Å². The number of ketones is 2. The van der Waals surface area contributed by atoms with E-state index in [1.54, 1.807) is 31.2 Å². The highest BCUT2D eigenvalue weighted by molar-refractivity contribution is 6.28. The Labute approximate surface area is 115 Å². The molecule has 2 aromatic carbocycles. The Kier molecular flexibility index (Phi) is 2.79. The van der Waals surface area contributed by atoms with Gasteiger partial charge in [0.05, 0.1) is 6.61 Å². The molecule has 0 bridgehead atoms. The monoisotopic (exact) mass is 268 g/mol. The Morgan fingerprint density at radius 1 is 0.950 bits per heavy atom. The second-order valence-corrected chi connectivity index (χ2v) is 4.50. The van der Waals surface area contributed by atoms with Gasteiger partial charge in [0.2, 0.25) is 0 Å². The summed E-state index contributed by atoms with van der Waals surface area (Å²) in [5.41, 5.74) is 1.25. The van der Waals surface area contributed by atoms with E-state index in [1.165, 1.54) is 12.1 Å². The van der Waals surface area contributed by atoms with Crippen molar-refractivity contribution in [3.63, 3.8) is 0 Å². The minimum absolute atomic E-state index is 0.133. The Hall–Kier alpha value is -2.62. The van der Waals surface area contributed by atoms with E-state index in [2.05, 4.69) is 0 Å². The maximum atomic E-state index is 12.4. The number of benzene rings is 2. The lowest BCUT2D eigenvalue weighted by Crippen LogP contribution is -2.20. The smallest absolute Gasteiger partial charge is 0.194 e. The van der Waals surface area contributed by atoms with Gasteiger partial charge in [0, 0.05) is 22.3 Å². The molecule has 0 heterocycles. The molecular formula is C16H12O4. The lowest BCUT2D eigenvalue weighted by atomic mass is 9.84. The molecule has 0 amide bonds. The van der Waals surface area contributed by atoms with Crippen LogP contribution in [0.4, 0.5) is 0 Å². The predicted molar refractivity (Wildman–Crippen MR) is 72.6 cm³/mol. The van der Waals surface area contributed by atoms with Gasteiger partial charge in [-0.2, -0.15) is 0 Å². The third-order valence-corrected chi connectivity index (χ3v) is 3.30. The number of hydrogen-bond acceptors (Lipinski definition) is 4. The van der Waals surface area contributed by atoms with Crippen molar-refractivity contribution < 1.29 is 19.4 Å². The fraction of sp³-hybridized carbons (Fsp3) is 0.125. The first kappa shape index (κ1) is 12.4. The van der Waals surface area contributed by atoms with Crippen LogP contribution in [0, 0.1) is 0 Å². The van der Waals surface area contributed by atoms with Gasteiger partial charge in [-0.25, -0.2) is 0 Å². The average Bonchev–Trinajstić information content (AvgIpc) is 2.46. The zero-order chi connectivity index (χ0) is 14.3. The van der Waals surface area contributed by atoms with Gasteiger partial charge in [-0.15, -0.1) is 0 Å². The van der Waals surface area contributed by atoms with Crippen molar-refractivity contribution in [1.29, 1.82) is 0 Å². The third kappa shape index (κ3) is 1.69. The first-order valence-electron chi connectivity index (χ1n) is 6.31. The van der Waals surface area contributed by atoms with Crippen LogP contribution in [0.1, 0.15) is 38.8 Å². The number of ether oxygens (including phenoxy) is 1. The molecule has 1 aliphatic rings. The molecule has 1 aliphatic carbocycles. The van der Waals surface area contributed by atoms with E-state index < -0.39 is 0 Å². The van der Waals surface area contributed by atoms with Crippen molar-refractivity contribution >= 4 is 11.6 Å². The summed E-state index contributed by atoms with van der Waals surface area (Å²) in [5.74, 6) is -0.400. The molecule has 0 unspecified atom stereocenters. The average molecular weight is 268 g/mol. The summed E-state index contributed by atoms with van der Waals surface area (Å²) in [6.45, 7) is 2.15. The standard InChI is InChI=1S/C16H12O4/c1-2-20-14-8-12-11(7-13(14)17)15(18)9-5-3-4-6-10(9)16(12)19/h3-8,17H,2H2,1H3. The Morgan fingerprint density at radius 3 is 2.05 bits per heavy atom. The maximum Gasteiger partial charge on any atom is 0.194 e. The molecule has 0 saturated carbocycles. The fourth-order valence-electron chi connectivity index (χ4n) is 2.38. The number of hydrogen-bond donors (Lipinski definition) is 1. The molecule has 0 aromatic heterocycles. The Balaban J connectivity index is 2.23. The quantitative estimate of drug-likeness (QED) is 0.775. The highest BCUT2D eigenvalue weighted by atomic mass is 16.5. The van der Waals surface area contributed by atoms with Gasteiger partial charge >= 0.3 is 0 Å². The largest absolute Gasteiger partial charge is 0.504 e. The minimum atomic E-state index is -0.256. The Morgan fingerprint density at radius 2 is 1.50 bits per heavy atom. The molecule has 0 atom stereocenters. The second-order valence-electron chi connectivity index (χ2n) is 4.50. The van der Waals surface area contributed by atoms with E-state index in [4.69, 9.17) is 4.74 Å². The molecule has 2 aromatic rings. The molecule has 1 N–H and O–H groups in total. The number of aromatic hydroxyl groups is 1. The van der Waals surface area contributed by atoms with Crippen LogP contribution >= 0.6 is 0 Å². The van der Waals surface area contributed by atoms with Gasteiger partial charge < -0.3 is 9.84 Å². The van der Waals surface area contributed by atoms with E-state index in [9.17, 15) is 14.7 Å². The third-order valence-electron chi connectivity index (χ3n) is 3.30. The molecule has 0 fully saturated rings. The number of phenols is 1. The van der Waals surface area contributed by atoms with Gasteiger partial charge in [0.1, 0.15) is 0 Å². The van der Waals surface area contributed by atoms with Crippen molar-refractivity contribution in [2.45, 2.75) is 6.92 Å². The van der Waals surface area contributed by atoms with Gasteiger partial charge in [-0.1, -0.05) is 24.3 Å². The van der Waals surface area contributed by atoms with Crippen molar-refractivity contribution in [2.24, 2.45) is 0 Å². The topological polar surface area (TPSA) is 63.6 Å². The fourth-order valence-corrected chi connectivity index (χ4v) is 2.38. The van der Waals surface area contributed by atoms with Crippen molar-refractivity contribution in [1.82, 2.24) is 0 Å². The molecule has 4 nitrogen and oxygen atoms in total. The summed E-state index contributed by atoms with van der Waals surface area (Å²) in [4.78, 5) is 24.8. The number of fused-ring (bicyclic) bond motifs is 2. The maximum absolute atomic E-state index is 12.4. The summed E-state index contributed by atoms with van der Waals surface area (Å²) in [5, 5.41) is 9.86. The van der Waals surface area contributed by atoms with Crippen LogP contribution in [0.15, 0.2) is 36.4 Å².